The molecule has 31 heavy (non-hydrogen) atoms. The second kappa shape index (κ2) is 14.3. The molecule has 1 aromatic carbocycles. The number of aryl methyl sites for hydroxylation is 2. The third-order valence-electron chi connectivity index (χ3n) is 5.89. The van der Waals surface area contributed by atoms with Crippen LogP contribution in [0.15, 0.2) is 53.7 Å². The first kappa shape index (κ1) is 28.1. The van der Waals surface area contributed by atoms with Crippen molar-refractivity contribution >= 4 is 32.1 Å². The number of pyridine rings is 1. The second-order valence-electron chi connectivity index (χ2n) is 8.62. The molecule has 1 aromatic heterocycles. The summed E-state index contributed by atoms with van der Waals surface area (Å²) in [6.07, 6.45) is 13.0. The van der Waals surface area contributed by atoms with Crippen molar-refractivity contribution in [3.63, 3.8) is 0 Å². The third-order valence-corrected chi connectivity index (χ3v) is 22.3. The van der Waals surface area contributed by atoms with Gasteiger partial charge in [-0.05, 0) is 19.1 Å². The van der Waals surface area contributed by atoms with Crippen molar-refractivity contribution < 1.29 is 17.5 Å². The Labute approximate surface area is 194 Å². The van der Waals surface area contributed by atoms with E-state index in [1.807, 2.05) is 6.92 Å². The van der Waals surface area contributed by atoms with Crippen molar-refractivity contribution in [2.75, 3.05) is 0 Å². The van der Waals surface area contributed by atoms with Gasteiger partial charge in [0.25, 0.3) is 0 Å². The van der Waals surface area contributed by atoms with E-state index >= 15 is 0 Å². The summed E-state index contributed by atoms with van der Waals surface area (Å²) in [5.41, 5.74) is 0.928. The van der Waals surface area contributed by atoms with Crippen LogP contribution in [0.3, 0.4) is 0 Å². The predicted octanol–water partition coefficient (Wildman–Crippen LogP) is 5.47. The van der Waals surface area contributed by atoms with Crippen LogP contribution in [0.5, 0.6) is 0 Å². The molecule has 0 atom stereocenters. The molecule has 0 aliphatic rings. The van der Waals surface area contributed by atoms with Crippen molar-refractivity contribution in [1.29, 1.82) is 0 Å². The number of unbranched alkanes of at least 4 members (excludes halogenated alkanes) is 3. The van der Waals surface area contributed by atoms with E-state index in [1.54, 1.807) is 29.0 Å². The normalized spacial score (nSPS) is 11.7. The molecule has 0 aliphatic carbocycles. The van der Waals surface area contributed by atoms with Gasteiger partial charge in [-0.25, -0.2) is 8.42 Å². The van der Waals surface area contributed by atoms with Crippen molar-refractivity contribution in [2.24, 2.45) is 7.05 Å². The van der Waals surface area contributed by atoms with Gasteiger partial charge in [0.2, 0.25) is 0 Å². The van der Waals surface area contributed by atoms with Crippen molar-refractivity contribution in [1.82, 2.24) is 0 Å². The first-order valence-corrected chi connectivity index (χ1v) is 20.6. The van der Waals surface area contributed by atoms with E-state index < -0.39 is 28.5 Å². The summed E-state index contributed by atoms with van der Waals surface area (Å²) in [4.78, 5) is -0.178. The maximum absolute atomic E-state index is 10.4. The molecular formula is C25H41NO3SSn. The quantitative estimate of drug-likeness (QED) is 0.211. The summed E-state index contributed by atoms with van der Waals surface area (Å²) in [5.74, 6) is 0. The van der Waals surface area contributed by atoms with Crippen LogP contribution in [-0.4, -0.2) is 31.3 Å². The van der Waals surface area contributed by atoms with Gasteiger partial charge in [0, 0.05) is 0 Å². The van der Waals surface area contributed by atoms with Gasteiger partial charge in [0.15, 0.2) is 0 Å². The number of aromatic nitrogens is 1. The van der Waals surface area contributed by atoms with Crippen molar-refractivity contribution in [3.8, 4) is 0 Å². The Morgan fingerprint density at radius 1 is 0.871 bits per heavy atom. The zero-order valence-electron chi connectivity index (χ0n) is 20.1. The van der Waals surface area contributed by atoms with Gasteiger partial charge < -0.3 is 4.55 Å². The average Bonchev–Trinajstić information content (AvgIpc) is 2.74. The average molecular weight is 554 g/mol. The third kappa shape index (κ3) is 10.0. The topological polar surface area (TPSA) is 61.1 Å². The minimum atomic E-state index is -4.27. The van der Waals surface area contributed by atoms with E-state index in [0.29, 0.717) is 0 Å². The first-order valence-electron chi connectivity index (χ1n) is 11.7. The second-order valence-corrected chi connectivity index (χ2v) is 23.2. The standard InChI is InChI=1S/C7H8O3S.C6H7N.3C4H9.Sn/c1-6-2-4-7(5-3-6)11(8,9)10;1-7-5-3-2-4-6-7;3*1-3-4-2;/h2-5H,1H3,(H,8,9,10);2-3,5-6H,1H3;3*1,3-4H2,2H3;/q;+1;;;;/p-1. The fourth-order valence-corrected chi connectivity index (χ4v) is 20.5. The molecule has 0 unspecified atom stereocenters. The molecule has 0 saturated carbocycles. The van der Waals surface area contributed by atoms with Crippen LogP contribution in [0, 0.1) is 6.92 Å². The molecule has 0 fully saturated rings. The molecule has 0 saturated heterocycles. The predicted molar refractivity (Wildman–Crippen MR) is 131 cm³/mol. The number of nitrogens with zero attached hydrogens (tertiary/aromatic N) is 1. The smallest absolute Gasteiger partial charge is 0.124 e. The SMILES string of the molecule is CCC[CH2][Sn]([CH2]CCC)([CH2]CCC)[c]1ccc[n+](C)c1.Cc1ccc(S(=O)(=O)[O-])cc1. The van der Waals surface area contributed by atoms with Crippen LogP contribution in [-0.2, 0) is 17.2 Å². The summed E-state index contributed by atoms with van der Waals surface area (Å²) < 4.78 is 39.9. The van der Waals surface area contributed by atoms with Gasteiger partial charge in [-0.3, -0.25) is 0 Å². The Balaban J connectivity index is 0.000000367. The fraction of sp³-hybridized carbons (Fsp3) is 0.560. The van der Waals surface area contributed by atoms with Gasteiger partial charge in [-0.2, -0.15) is 0 Å². The van der Waals surface area contributed by atoms with Gasteiger partial charge in [-0.1, -0.05) is 17.7 Å². The van der Waals surface area contributed by atoms with Crippen molar-refractivity contribution in [2.45, 2.75) is 84.4 Å². The Hall–Kier alpha value is -0.921. The van der Waals surface area contributed by atoms with Crippen LogP contribution >= 0.6 is 0 Å². The molecule has 2 rings (SSSR count). The molecule has 0 radical (unpaired) electrons. The zero-order chi connectivity index (χ0) is 23.3. The number of rotatable bonds is 11. The number of hydrogen-bond acceptors (Lipinski definition) is 3. The maximum atomic E-state index is 10.4. The van der Waals surface area contributed by atoms with Gasteiger partial charge in [0.1, 0.15) is 10.1 Å². The summed E-state index contributed by atoms with van der Waals surface area (Å²) >= 11 is -2.16. The van der Waals surface area contributed by atoms with Gasteiger partial charge in [0.05, 0.1) is 4.90 Å². The molecule has 4 nitrogen and oxygen atoms in total. The van der Waals surface area contributed by atoms with Crippen LogP contribution in [0.1, 0.15) is 64.9 Å². The Morgan fingerprint density at radius 2 is 1.35 bits per heavy atom. The van der Waals surface area contributed by atoms with Gasteiger partial charge >= 0.3 is 131 Å². The summed E-state index contributed by atoms with van der Waals surface area (Å²) in [6.45, 7) is 8.87. The summed E-state index contributed by atoms with van der Waals surface area (Å²) in [7, 11) is -2.09. The number of hydrogen-bond donors (Lipinski definition) is 0. The Bertz CT molecular complexity index is 845. The fourth-order valence-electron chi connectivity index (χ4n) is 3.96. The Morgan fingerprint density at radius 3 is 1.74 bits per heavy atom. The van der Waals surface area contributed by atoms with Gasteiger partial charge in [-0.15, -0.1) is 0 Å². The summed E-state index contributed by atoms with van der Waals surface area (Å²) in [6, 6.07) is 10.5. The summed E-state index contributed by atoms with van der Waals surface area (Å²) in [5, 5.41) is 0. The minimum Gasteiger partial charge on any atom is -0.744 e. The van der Waals surface area contributed by atoms with E-state index in [0.717, 1.165) is 5.56 Å². The molecule has 0 bridgehead atoms. The van der Waals surface area contributed by atoms with Crippen LogP contribution in [0.4, 0.5) is 0 Å². The molecule has 6 heteroatoms. The minimum absolute atomic E-state index is 0.178. The largest absolute Gasteiger partial charge is 0.744 e. The molecular weight excluding hydrogens is 513 g/mol. The van der Waals surface area contributed by atoms with E-state index in [4.69, 9.17) is 0 Å². The van der Waals surface area contributed by atoms with E-state index in [9.17, 15) is 13.0 Å². The molecule has 0 N–H and O–H groups in total. The first-order chi connectivity index (χ1) is 14.7. The maximum Gasteiger partial charge on any atom is 0.124 e. The Kier molecular flexibility index (Phi) is 12.9. The molecule has 0 aliphatic heterocycles. The number of benzene rings is 1. The van der Waals surface area contributed by atoms with Crippen LogP contribution < -0.4 is 8.15 Å². The van der Waals surface area contributed by atoms with E-state index in [1.165, 1.54) is 50.7 Å². The molecule has 2 aromatic rings. The van der Waals surface area contributed by atoms with Crippen LogP contribution in [0.25, 0.3) is 0 Å². The van der Waals surface area contributed by atoms with Crippen molar-refractivity contribution in [3.05, 3.63) is 54.4 Å². The molecule has 1 heterocycles. The zero-order valence-corrected chi connectivity index (χ0v) is 23.7. The molecule has 0 spiro atoms. The van der Waals surface area contributed by atoms with Crippen LogP contribution in [0.2, 0.25) is 13.3 Å². The monoisotopic (exact) mass is 555 g/mol. The van der Waals surface area contributed by atoms with E-state index in [2.05, 4.69) is 56.9 Å². The molecule has 174 valence electrons. The van der Waals surface area contributed by atoms with E-state index in [-0.39, 0.29) is 4.90 Å². The molecule has 0 amide bonds.